The van der Waals surface area contributed by atoms with Crippen molar-refractivity contribution in [2.75, 3.05) is 6.54 Å². The van der Waals surface area contributed by atoms with Crippen molar-refractivity contribution in [1.82, 2.24) is 10.2 Å². The van der Waals surface area contributed by atoms with Gasteiger partial charge in [-0.3, -0.25) is 14.5 Å². The third-order valence-corrected chi connectivity index (χ3v) is 5.35. The molecule has 3 rings (SSSR count). The number of hydrogen-bond acceptors (Lipinski definition) is 4. The molecule has 2 aromatic carbocycles. The molecule has 0 aromatic heterocycles. The molecule has 1 N–H and O–H groups in total. The second-order valence-corrected chi connectivity index (χ2v) is 7.63. The standard InChI is InChI=1S/C24H28N2O4/c1-3-14-24(15-4-2)22(28)26(23(29)25-24)16-21(27)30-17-18-10-12-20(13-11-18)19-8-6-5-7-9-19/h5-13H,3-4,14-17H2,1-2H3,(H,25,29). The van der Waals surface area contributed by atoms with E-state index in [0.29, 0.717) is 12.8 Å². The van der Waals surface area contributed by atoms with E-state index >= 15 is 0 Å². The summed E-state index contributed by atoms with van der Waals surface area (Å²) in [6.45, 7) is 3.65. The average molecular weight is 408 g/mol. The molecule has 0 atom stereocenters. The van der Waals surface area contributed by atoms with Crippen LogP contribution in [-0.2, 0) is 20.9 Å². The lowest BCUT2D eigenvalue weighted by Crippen LogP contribution is -2.47. The first kappa shape index (κ1) is 21.6. The van der Waals surface area contributed by atoms with Crippen molar-refractivity contribution in [3.8, 4) is 11.1 Å². The number of rotatable bonds is 9. The first-order valence-corrected chi connectivity index (χ1v) is 10.4. The fourth-order valence-electron chi connectivity index (χ4n) is 3.90. The highest BCUT2D eigenvalue weighted by atomic mass is 16.5. The molecule has 0 unspecified atom stereocenters. The van der Waals surface area contributed by atoms with Crippen LogP contribution in [0.25, 0.3) is 11.1 Å². The van der Waals surface area contributed by atoms with Crippen LogP contribution < -0.4 is 5.32 Å². The van der Waals surface area contributed by atoms with Gasteiger partial charge in [0.05, 0.1) is 0 Å². The van der Waals surface area contributed by atoms with E-state index in [2.05, 4.69) is 5.32 Å². The van der Waals surface area contributed by atoms with E-state index in [-0.39, 0.29) is 19.1 Å². The Morgan fingerprint density at radius 3 is 2.13 bits per heavy atom. The normalized spacial score (nSPS) is 15.2. The second kappa shape index (κ2) is 9.57. The van der Waals surface area contributed by atoms with Crippen molar-refractivity contribution in [1.29, 1.82) is 0 Å². The Bertz CT molecular complexity index is 887. The van der Waals surface area contributed by atoms with Gasteiger partial charge in [0, 0.05) is 0 Å². The second-order valence-electron chi connectivity index (χ2n) is 7.63. The zero-order chi connectivity index (χ0) is 21.6. The number of imide groups is 1. The van der Waals surface area contributed by atoms with Gasteiger partial charge in [-0.25, -0.2) is 4.79 Å². The molecule has 1 aliphatic heterocycles. The summed E-state index contributed by atoms with van der Waals surface area (Å²) >= 11 is 0. The lowest BCUT2D eigenvalue weighted by atomic mass is 9.88. The molecule has 1 heterocycles. The van der Waals surface area contributed by atoms with Gasteiger partial charge in [-0.15, -0.1) is 0 Å². The third-order valence-electron chi connectivity index (χ3n) is 5.35. The molecule has 30 heavy (non-hydrogen) atoms. The van der Waals surface area contributed by atoms with Crippen LogP contribution in [-0.4, -0.2) is 34.9 Å². The largest absolute Gasteiger partial charge is 0.459 e. The van der Waals surface area contributed by atoms with Crippen molar-refractivity contribution in [2.45, 2.75) is 51.7 Å². The summed E-state index contributed by atoms with van der Waals surface area (Å²) in [5.74, 6) is -0.935. The molecule has 3 amide bonds. The van der Waals surface area contributed by atoms with E-state index in [1.165, 1.54) is 0 Å². The summed E-state index contributed by atoms with van der Waals surface area (Å²) < 4.78 is 5.31. The van der Waals surface area contributed by atoms with E-state index in [1.54, 1.807) is 0 Å². The Labute approximate surface area is 177 Å². The molecule has 0 bridgehead atoms. The Hall–Kier alpha value is -3.15. The van der Waals surface area contributed by atoms with Crippen LogP contribution in [0.3, 0.4) is 0 Å². The Kier molecular flexibility index (Phi) is 6.87. The van der Waals surface area contributed by atoms with E-state index in [9.17, 15) is 14.4 Å². The average Bonchev–Trinajstić information content (AvgIpc) is 2.98. The number of ether oxygens (including phenoxy) is 1. The van der Waals surface area contributed by atoms with Crippen LogP contribution in [0.4, 0.5) is 4.79 Å². The summed E-state index contributed by atoms with van der Waals surface area (Å²) in [6, 6.07) is 17.2. The SMILES string of the molecule is CCCC1(CCC)NC(=O)N(CC(=O)OCc2ccc(-c3ccccc3)cc2)C1=O. The molecule has 0 aliphatic carbocycles. The van der Waals surface area contributed by atoms with Crippen molar-refractivity contribution >= 4 is 17.9 Å². The number of carbonyl (C=O) groups excluding carboxylic acids is 3. The lowest BCUT2D eigenvalue weighted by Gasteiger charge is -2.25. The molecular formula is C24H28N2O4. The van der Waals surface area contributed by atoms with Gasteiger partial charge in [-0.05, 0) is 29.5 Å². The van der Waals surface area contributed by atoms with Crippen LogP contribution in [0.1, 0.15) is 45.1 Å². The molecule has 1 fully saturated rings. The molecule has 158 valence electrons. The van der Waals surface area contributed by atoms with Gasteiger partial charge in [-0.1, -0.05) is 81.3 Å². The van der Waals surface area contributed by atoms with E-state index in [1.807, 2.05) is 68.4 Å². The highest BCUT2D eigenvalue weighted by Crippen LogP contribution is 2.28. The van der Waals surface area contributed by atoms with E-state index in [4.69, 9.17) is 4.74 Å². The fourth-order valence-corrected chi connectivity index (χ4v) is 3.90. The van der Waals surface area contributed by atoms with Crippen molar-refractivity contribution in [2.24, 2.45) is 0 Å². The highest BCUT2D eigenvalue weighted by Gasteiger charge is 2.50. The van der Waals surface area contributed by atoms with Crippen molar-refractivity contribution < 1.29 is 19.1 Å². The zero-order valence-electron chi connectivity index (χ0n) is 17.5. The predicted molar refractivity (Wildman–Crippen MR) is 114 cm³/mol. The van der Waals surface area contributed by atoms with Gasteiger partial charge in [-0.2, -0.15) is 0 Å². The van der Waals surface area contributed by atoms with E-state index in [0.717, 1.165) is 34.4 Å². The summed E-state index contributed by atoms with van der Waals surface area (Å²) in [4.78, 5) is 38.4. The maximum atomic E-state index is 12.8. The predicted octanol–water partition coefficient (Wildman–Crippen LogP) is 4.29. The molecule has 6 nitrogen and oxygen atoms in total. The highest BCUT2D eigenvalue weighted by molar-refractivity contribution is 6.08. The van der Waals surface area contributed by atoms with Crippen LogP contribution in [0.5, 0.6) is 0 Å². The fraction of sp³-hybridized carbons (Fsp3) is 0.375. The number of nitrogens with one attached hydrogen (secondary N) is 1. The summed E-state index contributed by atoms with van der Waals surface area (Å²) in [5, 5.41) is 2.80. The topological polar surface area (TPSA) is 75.7 Å². The smallest absolute Gasteiger partial charge is 0.326 e. The van der Waals surface area contributed by atoms with Crippen LogP contribution in [0, 0.1) is 0 Å². The molecule has 2 aromatic rings. The minimum atomic E-state index is -0.895. The minimum absolute atomic E-state index is 0.0899. The molecule has 0 radical (unpaired) electrons. The van der Waals surface area contributed by atoms with Gasteiger partial charge in [0.1, 0.15) is 18.7 Å². The zero-order valence-corrected chi connectivity index (χ0v) is 17.5. The van der Waals surface area contributed by atoms with Gasteiger partial charge < -0.3 is 10.1 Å². The summed E-state index contributed by atoms with van der Waals surface area (Å²) in [7, 11) is 0. The van der Waals surface area contributed by atoms with Gasteiger partial charge >= 0.3 is 12.0 Å². The molecular weight excluding hydrogens is 380 g/mol. The number of urea groups is 1. The summed E-state index contributed by atoms with van der Waals surface area (Å²) in [6.07, 6.45) is 2.65. The monoisotopic (exact) mass is 408 g/mol. The van der Waals surface area contributed by atoms with Gasteiger partial charge in [0.2, 0.25) is 0 Å². The van der Waals surface area contributed by atoms with Crippen LogP contribution in [0.15, 0.2) is 54.6 Å². The maximum Gasteiger partial charge on any atom is 0.326 e. The van der Waals surface area contributed by atoms with Crippen molar-refractivity contribution in [3.63, 3.8) is 0 Å². The molecule has 0 saturated carbocycles. The Morgan fingerprint density at radius 2 is 1.53 bits per heavy atom. The number of benzene rings is 2. The van der Waals surface area contributed by atoms with E-state index < -0.39 is 17.5 Å². The van der Waals surface area contributed by atoms with Crippen molar-refractivity contribution in [3.05, 3.63) is 60.2 Å². The first-order chi connectivity index (χ1) is 14.5. The molecule has 1 saturated heterocycles. The molecule has 0 spiro atoms. The third kappa shape index (κ3) is 4.70. The maximum absolute atomic E-state index is 12.8. The molecule has 6 heteroatoms. The van der Waals surface area contributed by atoms with Crippen LogP contribution >= 0.6 is 0 Å². The number of carbonyl (C=O) groups is 3. The number of esters is 1. The first-order valence-electron chi connectivity index (χ1n) is 10.4. The van der Waals surface area contributed by atoms with Crippen LogP contribution in [0.2, 0.25) is 0 Å². The van der Waals surface area contributed by atoms with Gasteiger partial charge in [0.25, 0.3) is 5.91 Å². The molecule has 1 aliphatic rings. The summed E-state index contributed by atoms with van der Waals surface area (Å²) in [5.41, 5.74) is 2.13. The number of hydrogen-bond donors (Lipinski definition) is 1. The Balaban J connectivity index is 1.57. The Morgan fingerprint density at radius 1 is 0.933 bits per heavy atom. The minimum Gasteiger partial charge on any atom is -0.459 e. The number of amides is 3. The van der Waals surface area contributed by atoms with Gasteiger partial charge in [0.15, 0.2) is 0 Å². The number of nitrogens with zero attached hydrogens (tertiary/aromatic N) is 1. The quantitative estimate of drug-likeness (QED) is 0.496. The lowest BCUT2D eigenvalue weighted by molar-refractivity contribution is -0.149.